The highest BCUT2D eigenvalue weighted by Gasteiger charge is 2.26. The maximum Gasteiger partial charge on any atom is 0.0769 e. The topological polar surface area (TPSA) is 29.5 Å². The van der Waals surface area contributed by atoms with Gasteiger partial charge < -0.3 is 9.84 Å². The van der Waals surface area contributed by atoms with Crippen LogP contribution >= 0.6 is 0 Å². The summed E-state index contributed by atoms with van der Waals surface area (Å²) in [6.07, 6.45) is 2.45. The molecule has 2 heteroatoms. The van der Waals surface area contributed by atoms with E-state index in [0.717, 1.165) is 6.42 Å². The summed E-state index contributed by atoms with van der Waals surface area (Å²) in [7, 11) is 0. The molecule has 1 rings (SSSR count). The third kappa shape index (κ3) is 1.58. The number of aliphatic hydroxyl groups excluding tert-OH is 1. The first-order valence-electron chi connectivity index (χ1n) is 3.66. The van der Waals surface area contributed by atoms with Crippen molar-refractivity contribution >= 4 is 0 Å². The van der Waals surface area contributed by atoms with Crippen LogP contribution in [0.4, 0.5) is 0 Å². The van der Waals surface area contributed by atoms with Gasteiger partial charge in [0.1, 0.15) is 0 Å². The van der Waals surface area contributed by atoms with Crippen LogP contribution in [-0.2, 0) is 4.74 Å². The van der Waals surface area contributed by atoms with Gasteiger partial charge in [-0.2, -0.15) is 0 Å². The molecule has 0 aromatic carbocycles. The third-order valence-corrected chi connectivity index (χ3v) is 1.95. The molecule has 0 bridgehead atoms. The van der Waals surface area contributed by atoms with Gasteiger partial charge in [0, 0.05) is 5.92 Å². The second kappa shape index (κ2) is 3.17. The van der Waals surface area contributed by atoms with Gasteiger partial charge in [-0.05, 0) is 13.3 Å². The Balaban J connectivity index is 2.36. The fourth-order valence-electron chi connectivity index (χ4n) is 1.28. The van der Waals surface area contributed by atoms with E-state index >= 15 is 0 Å². The number of hydrogen-bond acceptors (Lipinski definition) is 2. The summed E-state index contributed by atoms with van der Waals surface area (Å²) in [4.78, 5) is 0. The molecule has 10 heavy (non-hydrogen) atoms. The van der Waals surface area contributed by atoms with Crippen molar-refractivity contribution in [3.63, 3.8) is 0 Å². The monoisotopic (exact) mass is 142 g/mol. The smallest absolute Gasteiger partial charge is 0.0769 e. The van der Waals surface area contributed by atoms with Gasteiger partial charge in [0.2, 0.25) is 0 Å². The largest absolute Gasteiger partial charge is 0.389 e. The summed E-state index contributed by atoms with van der Waals surface area (Å²) in [5.41, 5.74) is 0. The van der Waals surface area contributed by atoms with Crippen LogP contribution < -0.4 is 0 Å². The van der Waals surface area contributed by atoms with Gasteiger partial charge in [-0.25, -0.2) is 0 Å². The highest BCUT2D eigenvalue weighted by molar-refractivity contribution is 4.87. The summed E-state index contributed by atoms with van der Waals surface area (Å²) in [6.45, 7) is 6.22. The lowest BCUT2D eigenvalue weighted by Crippen LogP contribution is -2.17. The Kier molecular flexibility index (Phi) is 2.46. The molecule has 0 aromatic heterocycles. The molecule has 0 radical (unpaired) electrons. The minimum atomic E-state index is -0.384. The van der Waals surface area contributed by atoms with Crippen LogP contribution in [0.5, 0.6) is 0 Å². The van der Waals surface area contributed by atoms with Crippen LogP contribution in [0.25, 0.3) is 0 Å². The minimum absolute atomic E-state index is 0.271. The molecule has 1 fully saturated rings. The SMILES string of the molecule is C=CC(O)C1COC(C)C1. The highest BCUT2D eigenvalue weighted by Crippen LogP contribution is 2.22. The molecule has 1 N–H and O–H groups in total. The molecule has 0 aliphatic carbocycles. The standard InChI is InChI=1S/C8H14O2/c1-3-8(9)7-4-6(2)10-5-7/h3,6-9H,1,4-5H2,2H3. The molecule has 1 aliphatic rings. The molecule has 3 unspecified atom stereocenters. The van der Waals surface area contributed by atoms with Crippen molar-refractivity contribution in [3.8, 4) is 0 Å². The lowest BCUT2D eigenvalue weighted by molar-refractivity contribution is 0.0995. The fraction of sp³-hybridized carbons (Fsp3) is 0.750. The average Bonchev–Trinajstić information content (AvgIpc) is 2.34. The Labute approximate surface area is 61.5 Å². The molecule has 3 atom stereocenters. The van der Waals surface area contributed by atoms with E-state index in [0.29, 0.717) is 12.7 Å². The van der Waals surface area contributed by atoms with E-state index in [1.54, 1.807) is 6.08 Å². The first kappa shape index (κ1) is 7.76. The Bertz CT molecular complexity index is 122. The number of hydrogen-bond donors (Lipinski definition) is 1. The summed E-state index contributed by atoms with van der Waals surface area (Å²) in [6, 6.07) is 0. The van der Waals surface area contributed by atoms with Crippen molar-refractivity contribution in [1.29, 1.82) is 0 Å². The molecule has 1 aliphatic heterocycles. The first-order valence-corrected chi connectivity index (χ1v) is 3.66. The lowest BCUT2D eigenvalue weighted by atomic mass is 10.00. The number of ether oxygens (including phenoxy) is 1. The number of rotatable bonds is 2. The molecule has 2 nitrogen and oxygen atoms in total. The summed E-state index contributed by atoms with van der Waals surface area (Å²) in [5.74, 6) is 0.271. The van der Waals surface area contributed by atoms with Crippen LogP contribution in [0.15, 0.2) is 12.7 Å². The van der Waals surface area contributed by atoms with Crippen LogP contribution in [0.1, 0.15) is 13.3 Å². The molecule has 58 valence electrons. The van der Waals surface area contributed by atoms with Gasteiger partial charge in [0.25, 0.3) is 0 Å². The predicted octanol–water partition coefficient (Wildman–Crippen LogP) is 0.958. The van der Waals surface area contributed by atoms with Crippen molar-refractivity contribution in [2.75, 3.05) is 6.61 Å². The zero-order valence-corrected chi connectivity index (χ0v) is 6.29. The van der Waals surface area contributed by atoms with Gasteiger partial charge in [-0.15, -0.1) is 6.58 Å². The molecule has 0 amide bonds. The van der Waals surface area contributed by atoms with Crippen LogP contribution in [0.3, 0.4) is 0 Å². The van der Waals surface area contributed by atoms with Crippen molar-refractivity contribution in [3.05, 3.63) is 12.7 Å². The zero-order chi connectivity index (χ0) is 7.56. The predicted molar refractivity (Wildman–Crippen MR) is 39.7 cm³/mol. The normalized spacial score (nSPS) is 35.8. The van der Waals surface area contributed by atoms with Gasteiger partial charge in [-0.3, -0.25) is 0 Å². The van der Waals surface area contributed by atoms with Gasteiger partial charge >= 0.3 is 0 Å². The molecular formula is C8H14O2. The van der Waals surface area contributed by atoms with Crippen molar-refractivity contribution in [1.82, 2.24) is 0 Å². The van der Waals surface area contributed by atoms with Gasteiger partial charge in [0.05, 0.1) is 18.8 Å². The summed E-state index contributed by atoms with van der Waals surface area (Å²) >= 11 is 0. The van der Waals surface area contributed by atoms with E-state index < -0.39 is 0 Å². The maximum absolute atomic E-state index is 9.28. The van der Waals surface area contributed by atoms with E-state index in [1.165, 1.54) is 0 Å². The van der Waals surface area contributed by atoms with Crippen molar-refractivity contribution < 1.29 is 9.84 Å². The van der Waals surface area contributed by atoms with Crippen molar-refractivity contribution in [2.24, 2.45) is 5.92 Å². The van der Waals surface area contributed by atoms with E-state index in [2.05, 4.69) is 6.58 Å². The molecule has 0 spiro atoms. The van der Waals surface area contributed by atoms with Gasteiger partial charge in [0.15, 0.2) is 0 Å². The van der Waals surface area contributed by atoms with E-state index in [4.69, 9.17) is 4.74 Å². The van der Waals surface area contributed by atoms with E-state index in [1.807, 2.05) is 6.92 Å². The second-order valence-electron chi connectivity index (χ2n) is 2.87. The fourth-order valence-corrected chi connectivity index (χ4v) is 1.28. The van der Waals surface area contributed by atoms with Crippen LogP contribution in [0, 0.1) is 5.92 Å². The zero-order valence-electron chi connectivity index (χ0n) is 6.29. The second-order valence-corrected chi connectivity index (χ2v) is 2.87. The number of aliphatic hydroxyl groups is 1. The maximum atomic E-state index is 9.28. The van der Waals surface area contributed by atoms with Gasteiger partial charge in [-0.1, -0.05) is 6.08 Å². The quantitative estimate of drug-likeness (QED) is 0.582. The first-order chi connectivity index (χ1) is 4.74. The highest BCUT2D eigenvalue weighted by atomic mass is 16.5. The molecular weight excluding hydrogens is 128 g/mol. The minimum Gasteiger partial charge on any atom is -0.389 e. The van der Waals surface area contributed by atoms with Crippen LogP contribution in [0.2, 0.25) is 0 Å². The van der Waals surface area contributed by atoms with E-state index in [9.17, 15) is 5.11 Å². The molecule has 0 aromatic rings. The average molecular weight is 142 g/mol. The third-order valence-electron chi connectivity index (χ3n) is 1.95. The lowest BCUT2D eigenvalue weighted by Gasteiger charge is -2.10. The van der Waals surface area contributed by atoms with E-state index in [-0.39, 0.29) is 12.0 Å². The molecule has 1 heterocycles. The Hall–Kier alpha value is -0.340. The Morgan fingerprint density at radius 2 is 2.50 bits per heavy atom. The summed E-state index contributed by atoms with van der Waals surface area (Å²) in [5, 5.41) is 9.28. The summed E-state index contributed by atoms with van der Waals surface area (Å²) < 4.78 is 5.28. The Morgan fingerprint density at radius 1 is 1.80 bits per heavy atom. The molecule has 1 saturated heterocycles. The van der Waals surface area contributed by atoms with Crippen LogP contribution in [-0.4, -0.2) is 23.9 Å². The Morgan fingerprint density at radius 3 is 2.90 bits per heavy atom. The molecule has 0 saturated carbocycles. The van der Waals surface area contributed by atoms with Crippen molar-refractivity contribution in [2.45, 2.75) is 25.6 Å².